The minimum Gasteiger partial charge on any atom is -0.481 e. The van der Waals surface area contributed by atoms with E-state index in [0.717, 1.165) is 11.8 Å². The number of halogens is 1. The van der Waals surface area contributed by atoms with Crippen molar-refractivity contribution in [3.63, 3.8) is 0 Å². The second kappa shape index (κ2) is 10.4. The Morgan fingerprint density at radius 2 is 2.06 bits per heavy atom. The third-order valence-corrected chi connectivity index (χ3v) is 5.89. The first-order valence-corrected chi connectivity index (χ1v) is 12.2. The SMILES string of the molecule is CC(C)(C)OC(=O)[C@@H]1CCCN1c1nc(CCOCCCC(=O)O)nc2c1oc1cc(Cl)ccc12. The molecule has 1 fully saturated rings. The molecular formula is C25H30ClN3O6. The van der Waals surface area contributed by atoms with Gasteiger partial charge in [-0.25, -0.2) is 14.8 Å². The summed E-state index contributed by atoms with van der Waals surface area (Å²) in [7, 11) is 0. The Bertz CT molecular complexity index is 1240. The number of benzene rings is 1. The number of carboxylic acids is 1. The van der Waals surface area contributed by atoms with E-state index in [1.54, 1.807) is 12.1 Å². The fraction of sp³-hybridized carbons (Fsp3) is 0.520. The van der Waals surface area contributed by atoms with E-state index in [-0.39, 0.29) is 12.4 Å². The quantitative estimate of drug-likeness (QED) is 0.325. The molecular weight excluding hydrogens is 474 g/mol. The maximum atomic E-state index is 13.0. The van der Waals surface area contributed by atoms with Crippen LogP contribution >= 0.6 is 11.6 Å². The van der Waals surface area contributed by atoms with Crippen LogP contribution < -0.4 is 4.90 Å². The van der Waals surface area contributed by atoms with Crippen molar-refractivity contribution < 1.29 is 28.6 Å². The van der Waals surface area contributed by atoms with Gasteiger partial charge in [0.1, 0.15) is 28.6 Å². The molecule has 188 valence electrons. The van der Waals surface area contributed by atoms with Crippen molar-refractivity contribution in [3.05, 3.63) is 29.0 Å². The van der Waals surface area contributed by atoms with Crippen LogP contribution in [-0.4, -0.2) is 58.4 Å². The van der Waals surface area contributed by atoms with E-state index in [9.17, 15) is 9.59 Å². The van der Waals surface area contributed by atoms with Gasteiger partial charge in [-0.15, -0.1) is 0 Å². The number of aliphatic carboxylic acids is 1. The Morgan fingerprint density at radius 1 is 1.26 bits per heavy atom. The Hall–Kier alpha value is -2.91. The van der Waals surface area contributed by atoms with E-state index in [1.807, 2.05) is 31.7 Å². The van der Waals surface area contributed by atoms with Gasteiger partial charge in [0.05, 0.1) is 6.61 Å². The number of carbonyl (C=O) groups excluding carboxylic acids is 1. The zero-order valence-corrected chi connectivity index (χ0v) is 20.9. The maximum Gasteiger partial charge on any atom is 0.329 e. The summed E-state index contributed by atoms with van der Waals surface area (Å²) in [5.74, 6) is -0.0249. The lowest BCUT2D eigenvalue weighted by molar-refractivity contribution is -0.156. The lowest BCUT2D eigenvalue weighted by atomic mass is 10.1. The smallest absolute Gasteiger partial charge is 0.329 e. The molecule has 1 aromatic carbocycles. The number of carbonyl (C=O) groups is 2. The highest BCUT2D eigenvalue weighted by molar-refractivity contribution is 6.31. The van der Waals surface area contributed by atoms with Crippen LogP contribution in [0.2, 0.25) is 5.02 Å². The van der Waals surface area contributed by atoms with Gasteiger partial charge in [0.15, 0.2) is 11.4 Å². The van der Waals surface area contributed by atoms with Gasteiger partial charge in [0.25, 0.3) is 0 Å². The summed E-state index contributed by atoms with van der Waals surface area (Å²) in [6, 6.07) is 4.92. The van der Waals surface area contributed by atoms with E-state index in [1.165, 1.54) is 0 Å². The first kappa shape index (κ1) is 25.2. The zero-order valence-electron chi connectivity index (χ0n) is 20.2. The van der Waals surface area contributed by atoms with E-state index in [4.69, 9.17) is 40.6 Å². The molecule has 0 unspecified atom stereocenters. The van der Waals surface area contributed by atoms with E-state index in [2.05, 4.69) is 0 Å². The third-order valence-electron chi connectivity index (χ3n) is 5.66. The van der Waals surface area contributed by atoms with Gasteiger partial charge in [-0.3, -0.25) is 4.79 Å². The van der Waals surface area contributed by atoms with Crippen molar-refractivity contribution in [1.82, 2.24) is 9.97 Å². The Morgan fingerprint density at radius 3 is 2.80 bits per heavy atom. The second-order valence-corrected chi connectivity index (χ2v) is 10.1. The highest BCUT2D eigenvalue weighted by atomic mass is 35.5. The molecule has 4 rings (SSSR count). The standard InChI is InChI=1S/C25H30ClN3O6/c1-25(2,3)35-24(32)17-6-4-11-29(17)23-22-21(16-9-8-15(26)14-18(16)34-22)27-19(28-23)10-13-33-12-5-7-20(30)31/h8-9,14,17H,4-7,10-13H2,1-3H3,(H,30,31)/t17-/m0/s1. The fourth-order valence-electron chi connectivity index (χ4n) is 4.18. The van der Waals surface area contributed by atoms with Gasteiger partial charge >= 0.3 is 11.9 Å². The van der Waals surface area contributed by atoms with Gasteiger partial charge in [-0.2, -0.15) is 0 Å². The van der Waals surface area contributed by atoms with Crippen LogP contribution in [0.25, 0.3) is 22.1 Å². The molecule has 0 amide bonds. The number of ether oxygens (including phenoxy) is 2. The van der Waals surface area contributed by atoms with Gasteiger partial charge in [0, 0.05) is 42.5 Å². The summed E-state index contributed by atoms with van der Waals surface area (Å²) >= 11 is 6.18. The van der Waals surface area contributed by atoms with Crippen molar-refractivity contribution in [2.24, 2.45) is 0 Å². The van der Waals surface area contributed by atoms with Crippen LogP contribution in [0.15, 0.2) is 22.6 Å². The molecule has 9 nitrogen and oxygen atoms in total. The summed E-state index contributed by atoms with van der Waals surface area (Å²) < 4.78 is 17.4. The molecule has 0 saturated carbocycles. The Kier molecular flexibility index (Phi) is 7.47. The van der Waals surface area contributed by atoms with Crippen molar-refractivity contribution in [2.75, 3.05) is 24.7 Å². The minimum atomic E-state index is -0.843. The second-order valence-electron chi connectivity index (χ2n) is 9.63. The number of aromatic nitrogens is 2. The predicted molar refractivity (Wildman–Crippen MR) is 132 cm³/mol. The fourth-order valence-corrected chi connectivity index (χ4v) is 4.34. The summed E-state index contributed by atoms with van der Waals surface area (Å²) in [5.41, 5.74) is 1.16. The maximum absolute atomic E-state index is 13.0. The van der Waals surface area contributed by atoms with E-state index >= 15 is 0 Å². The van der Waals surface area contributed by atoms with Gasteiger partial charge in [0.2, 0.25) is 0 Å². The zero-order chi connectivity index (χ0) is 25.2. The van der Waals surface area contributed by atoms with Crippen LogP contribution in [-0.2, 0) is 25.5 Å². The van der Waals surface area contributed by atoms with Gasteiger partial charge in [-0.05, 0) is 52.2 Å². The van der Waals surface area contributed by atoms with E-state index in [0.29, 0.717) is 72.4 Å². The highest BCUT2D eigenvalue weighted by Gasteiger charge is 2.37. The molecule has 3 heterocycles. The number of furan rings is 1. The number of rotatable bonds is 9. The molecule has 10 heteroatoms. The number of carboxylic acid groups (broad SMARTS) is 1. The lowest BCUT2D eigenvalue weighted by Crippen LogP contribution is -2.41. The molecule has 0 radical (unpaired) electrons. The summed E-state index contributed by atoms with van der Waals surface area (Å²) in [6.07, 6.45) is 2.43. The number of hydrogen-bond donors (Lipinski definition) is 1. The third kappa shape index (κ3) is 6.02. The predicted octanol–water partition coefficient (Wildman–Crippen LogP) is 4.76. The molecule has 1 atom stereocenters. The molecule has 35 heavy (non-hydrogen) atoms. The average molecular weight is 504 g/mol. The van der Waals surface area contributed by atoms with Crippen molar-refractivity contribution in [3.8, 4) is 0 Å². The number of esters is 1. The van der Waals surface area contributed by atoms with Crippen LogP contribution in [0.4, 0.5) is 5.82 Å². The molecule has 2 aromatic heterocycles. The highest BCUT2D eigenvalue weighted by Crippen LogP contribution is 2.37. The molecule has 1 N–H and O–H groups in total. The van der Waals surface area contributed by atoms with Crippen molar-refractivity contribution >= 4 is 51.4 Å². The first-order chi connectivity index (χ1) is 16.6. The van der Waals surface area contributed by atoms with Crippen LogP contribution in [0.1, 0.15) is 52.3 Å². The molecule has 1 aliphatic rings. The first-order valence-electron chi connectivity index (χ1n) is 11.8. The average Bonchev–Trinajstić information content (AvgIpc) is 3.39. The molecule has 1 aliphatic heterocycles. The largest absolute Gasteiger partial charge is 0.481 e. The number of anilines is 1. The van der Waals surface area contributed by atoms with Gasteiger partial charge in [-0.1, -0.05) is 11.6 Å². The normalized spacial score (nSPS) is 16.3. The number of hydrogen-bond acceptors (Lipinski definition) is 8. The van der Waals surface area contributed by atoms with Crippen LogP contribution in [0, 0.1) is 0 Å². The molecule has 3 aromatic rings. The van der Waals surface area contributed by atoms with Crippen molar-refractivity contribution in [2.45, 2.75) is 64.5 Å². The van der Waals surface area contributed by atoms with Crippen molar-refractivity contribution in [1.29, 1.82) is 0 Å². The van der Waals surface area contributed by atoms with Crippen LogP contribution in [0.3, 0.4) is 0 Å². The summed E-state index contributed by atoms with van der Waals surface area (Å²) in [6.45, 7) is 6.89. The molecule has 0 aliphatic carbocycles. The molecule has 0 bridgehead atoms. The summed E-state index contributed by atoms with van der Waals surface area (Å²) in [5, 5.41) is 10.1. The minimum absolute atomic E-state index is 0.0667. The monoisotopic (exact) mass is 503 g/mol. The lowest BCUT2D eigenvalue weighted by Gasteiger charge is -2.28. The topological polar surface area (TPSA) is 115 Å². The molecule has 0 spiro atoms. The Labute approximate surface area is 208 Å². The number of nitrogens with zero attached hydrogens (tertiary/aromatic N) is 3. The van der Waals surface area contributed by atoms with Gasteiger partial charge < -0.3 is 23.9 Å². The van der Waals surface area contributed by atoms with Crippen LogP contribution in [0.5, 0.6) is 0 Å². The van der Waals surface area contributed by atoms with E-state index < -0.39 is 17.6 Å². The Balaban J connectivity index is 1.66. The number of fused-ring (bicyclic) bond motifs is 3. The summed E-state index contributed by atoms with van der Waals surface area (Å²) in [4.78, 5) is 35.1. The molecule has 1 saturated heterocycles.